The number of aromatic nitrogens is 3. The minimum absolute atomic E-state index is 0.0344. The molecule has 0 radical (unpaired) electrons. The van der Waals surface area contributed by atoms with Crippen LogP contribution in [0.1, 0.15) is 48.1 Å². The molecule has 0 spiro atoms. The zero-order chi connectivity index (χ0) is 20.9. The number of aryl methyl sites for hydroxylation is 2. The second-order valence-electron chi connectivity index (χ2n) is 7.94. The first-order valence-electron chi connectivity index (χ1n) is 10.6. The summed E-state index contributed by atoms with van der Waals surface area (Å²) in [5.41, 5.74) is 1.17. The van der Waals surface area contributed by atoms with E-state index in [0.29, 0.717) is 6.42 Å². The first-order valence-corrected chi connectivity index (χ1v) is 10.6. The van der Waals surface area contributed by atoms with Crippen LogP contribution in [0.5, 0.6) is 0 Å². The topological polar surface area (TPSA) is 76.2 Å². The number of hydrogen-bond acceptors (Lipinski definition) is 5. The van der Waals surface area contributed by atoms with E-state index < -0.39 is 0 Å². The largest absolute Gasteiger partial charge is 0.465 e. The van der Waals surface area contributed by atoms with Gasteiger partial charge in [-0.15, -0.1) is 10.2 Å². The standard InChI is InChI=1S/C23H29N5O2/c1-17-8-10-20(30-17)16-27-13-12-21-25-26-23(28(21)15-14-27)18(2)24-22(29)11-9-19-6-4-3-5-7-19/h3-8,10,18H,9,11-16H2,1-2H3,(H,24,29). The van der Waals surface area contributed by atoms with Crippen molar-refractivity contribution in [2.24, 2.45) is 0 Å². The Kier molecular flexibility index (Phi) is 6.28. The van der Waals surface area contributed by atoms with Crippen LogP contribution in [-0.2, 0) is 30.7 Å². The molecular weight excluding hydrogens is 378 g/mol. The van der Waals surface area contributed by atoms with Crippen molar-refractivity contribution < 1.29 is 9.21 Å². The van der Waals surface area contributed by atoms with Gasteiger partial charge in [-0.25, -0.2) is 0 Å². The molecule has 0 fully saturated rings. The van der Waals surface area contributed by atoms with E-state index in [2.05, 4.69) is 25.0 Å². The molecule has 3 heterocycles. The lowest BCUT2D eigenvalue weighted by Gasteiger charge is -2.19. The molecule has 4 rings (SSSR count). The molecule has 1 aliphatic rings. The number of fused-ring (bicyclic) bond motifs is 1. The van der Waals surface area contributed by atoms with E-state index in [1.807, 2.05) is 56.3 Å². The van der Waals surface area contributed by atoms with Crippen LogP contribution < -0.4 is 5.32 Å². The molecule has 7 heteroatoms. The van der Waals surface area contributed by atoms with Gasteiger partial charge in [0.25, 0.3) is 0 Å². The van der Waals surface area contributed by atoms with Crippen LogP contribution in [-0.4, -0.2) is 38.7 Å². The molecular formula is C23H29N5O2. The molecule has 1 unspecified atom stereocenters. The lowest BCUT2D eigenvalue weighted by molar-refractivity contribution is -0.121. The van der Waals surface area contributed by atoms with Crippen LogP contribution in [0.2, 0.25) is 0 Å². The Labute approximate surface area is 177 Å². The summed E-state index contributed by atoms with van der Waals surface area (Å²) in [6, 6.07) is 13.9. The highest BCUT2D eigenvalue weighted by atomic mass is 16.3. The summed E-state index contributed by atoms with van der Waals surface area (Å²) in [6.45, 7) is 7.36. The minimum Gasteiger partial charge on any atom is -0.465 e. The average molecular weight is 408 g/mol. The van der Waals surface area contributed by atoms with Crippen molar-refractivity contribution in [2.45, 2.75) is 52.2 Å². The third-order valence-electron chi connectivity index (χ3n) is 5.57. The van der Waals surface area contributed by atoms with Crippen molar-refractivity contribution in [1.82, 2.24) is 25.0 Å². The van der Waals surface area contributed by atoms with Crippen molar-refractivity contribution in [2.75, 3.05) is 13.1 Å². The molecule has 30 heavy (non-hydrogen) atoms. The lowest BCUT2D eigenvalue weighted by Crippen LogP contribution is -2.30. The number of nitrogens with one attached hydrogen (secondary N) is 1. The maximum absolute atomic E-state index is 12.4. The monoisotopic (exact) mass is 407 g/mol. The van der Waals surface area contributed by atoms with Crippen LogP contribution in [0.4, 0.5) is 0 Å². The fraction of sp³-hybridized carbons (Fsp3) is 0.435. The highest BCUT2D eigenvalue weighted by molar-refractivity contribution is 5.76. The number of carbonyl (C=O) groups is 1. The van der Waals surface area contributed by atoms with Crippen molar-refractivity contribution in [1.29, 1.82) is 0 Å². The zero-order valence-corrected chi connectivity index (χ0v) is 17.7. The molecule has 0 saturated heterocycles. The average Bonchev–Trinajstić information content (AvgIpc) is 3.29. The number of carbonyl (C=O) groups excluding carboxylic acids is 1. The zero-order valence-electron chi connectivity index (χ0n) is 17.7. The highest BCUT2D eigenvalue weighted by Crippen LogP contribution is 2.18. The summed E-state index contributed by atoms with van der Waals surface area (Å²) in [5.74, 6) is 3.77. The number of hydrogen-bond donors (Lipinski definition) is 1. The van der Waals surface area contributed by atoms with E-state index in [0.717, 1.165) is 62.2 Å². The lowest BCUT2D eigenvalue weighted by atomic mass is 10.1. The Morgan fingerprint density at radius 2 is 1.97 bits per heavy atom. The summed E-state index contributed by atoms with van der Waals surface area (Å²) in [4.78, 5) is 14.8. The van der Waals surface area contributed by atoms with E-state index in [9.17, 15) is 4.79 Å². The quantitative estimate of drug-likeness (QED) is 0.651. The first kappa shape index (κ1) is 20.3. The third kappa shape index (κ3) is 4.97. The third-order valence-corrected chi connectivity index (χ3v) is 5.57. The fourth-order valence-electron chi connectivity index (χ4n) is 3.94. The first-order chi connectivity index (χ1) is 14.6. The maximum atomic E-state index is 12.4. The smallest absolute Gasteiger partial charge is 0.220 e. The van der Waals surface area contributed by atoms with Crippen molar-refractivity contribution in [3.63, 3.8) is 0 Å². The number of furan rings is 1. The van der Waals surface area contributed by atoms with Gasteiger partial charge in [0.05, 0.1) is 12.6 Å². The Balaban J connectivity index is 1.33. The van der Waals surface area contributed by atoms with E-state index in [-0.39, 0.29) is 11.9 Å². The summed E-state index contributed by atoms with van der Waals surface area (Å²) in [6.07, 6.45) is 2.03. The second-order valence-corrected chi connectivity index (χ2v) is 7.94. The molecule has 158 valence electrons. The van der Waals surface area contributed by atoms with Crippen molar-refractivity contribution >= 4 is 5.91 Å². The molecule has 0 aliphatic carbocycles. The summed E-state index contributed by atoms with van der Waals surface area (Å²) < 4.78 is 7.88. The Morgan fingerprint density at radius 1 is 1.13 bits per heavy atom. The van der Waals surface area contributed by atoms with Gasteiger partial charge in [-0.3, -0.25) is 9.69 Å². The van der Waals surface area contributed by atoms with E-state index >= 15 is 0 Å². The Morgan fingerprint density at radius 3 is 2.73 bits per heavy atom. The molecule has 3 aromatic rings. The molecule has 1 atom stereocenters. The van der Waals surface area contributed by atoms with Gasteiger partial charge < -0.3 is 14.3 Å². The number of benzene rings is 1. The van der Waals surface area contributed by atoms with Gasteiger partial charge in [0, 0.05) is 32.5 Å². The van der Waals surface area contributed by atoms with Gasteiger partial charge in [-0.1, -0.05) is 30.3 Å². The molecule has 2 aromatic heterocycles. The van der Waals surface area contributed by atoms with Gasteiger partial charge in [-0.2, -0.15) is 0 Å². The van der Waals surface area contributed by atoms with Gasteiger partial charge in [0.1, 0.15) is 17.3 Å². The van der Waals surface area contributed by atoms with Crippen LogP contribution in [0.25, 0.3) is 0 Å². The minimum atomic E-state index is -0.172. The van der Waals surface area contributed by atoms with Gasteiger partial charge >= 0.3 is 0 Å². The summed E-state index contributed by atoms with van der Waals surface area (Å²) in [7, 11) is 0. The number of nitrogens with zero attached hydrogens (tertiary/aromatic N) is 4. The molecule has 1 aliphatic heterocycles. The predicted molar refractivity (Wildman–Crippen MR) is 114 cm³/mol. The van der Waals surface area contributed by atoms with Crippen LogP contribution in [0.3, 0.4) is 0 Å². The normalized spacial score (nSPS) is 15.4. The van der Waals surface area contributed by atoms with Crippen LogP contribution in [0.15, 0.2) is 46.9 Å². The molecule has 1 aromatic carbocycles. The van der Waals surface area contributed by atoms with Crippen LogP contribution in [0, 0.1) is 6.92 Å². The van der Waals surface area contributed by atoms with Crippen LogP contribution >= 0.6 is 0 Å². The number of rotatable bonds is 7. The fourth-order valence-corrected chi connectivity index (χ4v) is 3.94. The van der Waals surface area contributed by atoms with Crippen molar-refractivity contribution in [3.8, 4) is 0 Å². The molecule has 7 nitrogen and oxygen atoms in total. The molecule has 1 N–H and O–H groups in total. The summed E-state index contributed by atoms with van der Waals surface area (Å²) >= 11 is 0. The Bertz CT molecular complexity index is 979. The van der Waals surface area contributed by atoms with E-state index in [4.69, 9.17) is 4.42 Å². The predicted octanol–water partition coefficient (Wildman–Crippen LogP) is 3.05. The van der Waals surface area contributed by atoms with Gasteiger partial charge in [0.2, 0.25) is 5.91 Å². The number of amides is 1. The Hall–Kier alpha value is -2.93. The molecule has 0 bridgehead atoms. The maximum Gasteiger partial charge on any atom is 0.220 e. The van der Waals surface area contributed by atoms with E-state index in [1.54, 1.807) is 0 Å². The van der Waals surface area contributed by atoms with E-state index in [1.165, 1.54) is 5.56 Å². The van der Waals surface area contributed by atoms with Gasteiger partial charge in [0.15, 0.2) is 5.82 Å². The highest BCUT2D eigenvalue weighted by Gasteiger charge is 2.23. The van der Waals surface area contributed by atoms with Gasteiger partial charge in [-0.05, 0) is 38.0 Å². The SMILES string of the molecule is Cc1ccc(CN2CCc3nnc(C(C)NC(=O)CCc4ccccc4)n3CC2)o1. The molecule has 1 amide bonds. The molecule has 0 saturated carbocycles. The van der Waals surface area contributed by atoms with Crippen molar-refractivity contribution in [3.05, 3.63) is 71.2 Å². The second kappa shape index (κ2) is 9.26. The summed E-state index contributed by atoms with van der Waals surface area (Å²) in [5, 5.41) is 11.9.